The van der Waals surface area contributed by atoms with Gasteiger partial charge in [-0.05, 0) is 74.5 Å². The van der Waals surface area contributed by atoms with Crippen LogP contribution in [0.15, 0.2) is 70.7 Å². The second-order valence-electron chi connectivity index (χ2n) is 7.96. The van der Waals surface area contributed by atoms with Gasteiger partial charge in [-0.3, -0.25) is 15.1 Å². The molecule has 1 N–H and O–H groups in total. The fraction of sp³-hybridized carbons (Fsp3) is 0.167. The summed E-state index contributed by atoms with van der Waals surface area (Å²) in [6.45, 7) is 5.28. The van der Waals surface area contributed by atoms with Crippen molar-refractivity contribution in [2.75, 3.05) is 0 Å². The Bertz CT molecular complexity index is 1250. The number of carbonyl (C=O) groups excluding carboxylic acids is 2. The number of fused-ring (bicyclic) bond motifs is 1. The van der Waals surface area contributed by atoms with E-state index in [-0.39, 0.29) is 5.17 Å². The highest BCUT2D eigenvalue weighted by Crippen LogP contribution is 2.32. The zero-order chi connectivity index (χ0) is 22.7. The molecule has 0 bridgehead atoms. The number of rotatable bonds is 3. The topological polar surface area (TPSA) is 89.9 Å². The minimum Gasteiger partial charge on any atom is -0.457 e. The van der Waals surface area contributed by atoms with Gasteiger partial charge in [0.2, 0.25) is 0 Å². The third-order valence-corrected chi connectivity index (χ3v) is 5.12. The van der Waals surface area contributed by atoms with E-state index in [0.717, 1.165) is 34.0 Å². The summed E-state index contributed by atoms with van der Waals surface area (Å²) < 4.78 is 11.2. The van der Waals surface area contributed by atoms with Gasteiger partial charge in [-0.1, -0.05) is 24.3 Å². The van der Waals surface area contributed by atoms with E-state index in [2.05, 4.69) is 15.3 Å². The van der Waals surface area contributed by atoms with E-state index in [0.29, 0.717) is 10.7 Å². The van der Waals surface area contributed by atoms with Crippen LogP contribution in [-0.2, 0) is 9.53 Å². The second kappa shape index (κ2) is 8.84. The standard InChI is InChI=1S/C24H21N3O4S/c1-24(2,3)31-23(29)27-22-26-21(28)20(32-22)14-15-9-10-18-17(13-15)19(11-12-25-18)30-16-7-5-4-6-8-16/h4-14H,1-3H3,(H,26,27,28,29)/b20-14-. The molecular formula is C24H21N3O4S. The molecule has 0 unspecified atom stereocenters. The number of benzene rings is 2. The van der Waals surface area contributed by atoms with E-state index >= 15 is 0 Å². The highest BCUT2D eigenvalue weighted by Gasteiger charge is 2.25. The lowest BCUT2D eigenvalue weighted by atomic mass is 10.1. The zero-order valence-electron chi connectivity index (χ0n) is 17.8. The van der Waals surface area contributed by atoms with Crippen LogP contribution in [0.3, 0.4) is 0 Å². The molecule has 0 atom stereocenters. The number of ether oxygens (including phenoxy) is 2. The van der Waals surface area contributed by atoms with Crippen molar-refractivity contribution in [2.45, 2.75) is 26.4 Å². The molecule has 0 saturated carbocycles. The lowest BCUT2D eigenvalue weighted by Gasteiger charge is -2.19. The molecule has 1 aliphatic rings. The van der Waals surface area contributed by atoms with Gasteiger partial charge in [0.25, 0.3) is 5.91 Å². The van der Waals surface area contributed by atoms with Crippen molar-refractivity contribution in [2.24, 2.45) is 4.99 Å². The third kappa shape index (κ3) is 5.33. The van der Waals surface area contributed by atoms with Gasteiger partial charge >= 0.3 is 6.09 Å². The number of nitrogens with one attached hydrogen (secondary N) is 1. The minimum absolute atomic E-state index is 0.186. The number of aliphatic imine (C=N–C) groups is 1. The molecule has 0 spiro atoms. The lowest BCUT2D eigenvalue weighted by molar-refractivity contribution is -0.113. The predicted octanol–water partition coefficient (Wildman–Crippen LogP) is 5.52. The number of thioether (sulfide) groups is 1. The predicted molar refractivity (Wildman–Crippen MR) is 126 cm³/mol. The Balaban J connectivity index is 1.55. The second-order valence-corrected chi connectivity index (χ2v) is 8.99. The molecule has 4 rings (SSSR count). The van der Waals surface area contributed by atoms with Crippen LogP contribution in [-0.4, -0.2) is 27.8 Å². The van der Waals surface area contributed by atoms with Gasteiger partial charge in [0, 0.05) is 11.6 Å². The number of aromatic nitrogens is 1. The maximum absolute atomic E-state index is 12.3. The Hall–Kier alpha value is -3.65. The molecular weight excluding hydrogens is 426 g/mol. The van der Waals surface area contributed by atoms with Crippen LogP contribution in [0.2, 0.25) is 0 Å². The Morgan fingerprint density at radius 3 is 2.62 bits per heavy atom. The van der Waals surface area contributed by atoms with Gasteiger partial charge in [-0.15, -0.1) is 0 Å². The van der Waals surface area contributed by atoms with E-state index in [4.69, 9.17) is 9.47 Å². The summed E-state index contributed by atoms with van der Waals surface area (Å²) in [6, 6.07) is 16.9. The number of carbonyl (C=O) groups is 2. The molecule has 0 fully saturated rings. The zero-order valence-corrected chi connectivity index (χ0v) is 18.6. The van der Waals surface area contributed by atoms with E-state index in [1.165, 1.54) is 0 Å². The smallest absolute Gasteiger partial charge is 0.413 e. The van der Waals surface area contributed by atoms with Crippen molar-refractivity contribution in [3.8, 4) is 11.5 Å². The fourth-order valence-corrected chi connectivity index (χ4v) is 3.74. The number of para-hydroxylation sites is 1. The first-order valence-electron chi connectivity index (χ1n) is 9.91. The number of hydrogen-bond donors (Lipinski definition) is 1. The van der Waals surface area contributed by atoms with Crippen LogP contribution in [0.5, 0.6) is 11.5 Å². The summed E-state index contributed by atoms with van der Waals surface area (Å²) in [7, 11) is 0. The van der Waals surface area contributed by atoms with Gasteiger partial charge in [-0.2, -0.15) is 4.99 Å². The van der Waals surface area contributed by atoms with Gasteiger partial charge in [0.15, 0.2) is 5.17 Å². The van der Waals surface area contributed by atoms with Crippen LogP contribution >= 0.6 is 11.8 Å². The van der Waals surface area contributed by atoms with Gasteiger partial charge in [0.05, 0.1) is 10.4 Å². The molecule has 0 radical (unpaired) electrons. The summed E-state index contributed by atoms with van der Waals surface area (Å²) in [6.07, 6.45) is 2.76. The molecule has 2 amide bonds. The minimum atomic E-state index is -0.655. The van der Waals surface area contributed by atoms with Crippen molar-refractivity contribution < 1.29 is 19.1 Å². The first-order chi connectivity index (χ1) is 15.3. The summed E-state index contributed by atoms with van der Waals surface area (Å²) in [4.78, 5) is 32.9. The van der Waals surface area contributed by atoms with E-state index in [9.17, 15) is 9.59 Å². The molecule has 1 aliphatic heterocycles. The number of nitrogens with zero attached hydrogens (tertiary/aromatic N) is 2. The molecule has 3 aromatic rings. The van der Waals surface area contributed by atoms with Gasteiger partial charge < -0.3 is 9.47 Å². The Morgan fingerprint density at radius 2 is 1.88 bits per heavy atom. The quantitative estimate of drug-likeness (QED) is 0.532. The molecule has 7 nitrogen and oxygen atoms in total. The SMILES string of the molecule is CC(C)(C)OC(=O)NC1=NC(=O)/C(=C/c2ccc3nccc(Oc4ccccc4)c3c2)S1. The molecule has 2 heterocycles. The lowest BCUT2D eigenvalue weighted by Crippen LogP contribution is -2.34. The van der Waals surface area contributed by atoms with E-state index in [1.54, 1.807) is 39.1 Å². The number of amidine groups is 1. The summed E-state index contributed by atoms with van der Waals surface area (Å²) in [5, 5.41) is 3.51. The Kier molecular flexibility index (Phi) is 5.96. The molecule has 1 aromatic heterocycles. The van der Waals surface area contributed by atoms with Crippen LogP contribution in [0.25, 0.3) is 17.0 Å². The number of pyridine rings is 1. The molecule has 2 aromatic carbocycles. The third-order valence-electron chi connectivity index (χ3n) is 4.22. The molecule has 0 saturated heterocycles. The largest absolute Gasteiger partial charge is 0.457 e. The van der Waals surface area contributed by atoms with Crippen LogP contribution < -0.4 is 10.1 Å². The average Bonchev–Trinajstić information content (AvgIpc) is 3.06. The Labute approximate surface area is 189 Å². The Morgan fingerprint density at radius 1 is 1.09 bits per heavy atom. The molecule has 0 aliphatic carbocycles. The number of alkyl carbamates (subject to hydrolysis) is 1. The maximum Gasteiger partial charge on any atom is 0.413 e. The molecule has 32 heavy (non-hydrogen) atoms. The van der Waals surface area contributed by atoms with E-state index in [1.807, 2.05) is 48.5 Å². The van der Waals surface area contributed by atoms with Gasteiger partial charge in [0.1, 0.15) is 17.1 Å². The van der Waals surface area contributed by atoms with Crippen molar-refractivity contribution in [3.05, 3.63) is 71.3 Å². The van der Waals surface area contributed by atoms with Gasteiger partial charge in [-0.25, -0.2) is 4.79 Å². The van der Waals surface area contributed by atoms with Crippen molar-refractivity contribution in [1.29, 1.82) is 0 Å². The number of amides is 2. The molecule has 8 heteroatoms. The highest BCUT2D eigenvalue weighted by atomic mass is 32.2. The van der Waals surface area contributed by atoms with Crippen molar-refractivity contribution >= 4 is 45.9 Å². The van der Waals surface area contributed by atoms with E-state index < -0.39 is 17.6 Å². The summed E-state index contributed by atoms with van der Waals surface area (Å²) >= 11 is 1.08. The summed E-state index contributed by atoms with van der Waals surface area (Å²) in [5.74, 6) is 0.958. The first-order valence-corrected chi connectivity index (χ1v) is 10.7. The summed E-state index contributed by atoms with van der Waals surface area (Å²) in [5.41, 5.74) is 0.914. The van der Waals surface area contributed by atoms with Crippen molar-refractivity contribution in [3.63, 3.8) is 0 Å². The number of hydrogen-bond acceptors (Lipinski definition) is 6. The fourth-order valence-electron chi connectivity index (χ4n) is 2.94. The average molecular weight is 448 g/mol. The maximum atomic E-state index is 12.3. The first kappa shape index (κ1) is 21.6. The molecule has 162 valence electrons. The monoisotopic (exact) mass is 447 g/mol. The normalized spacial score (nSPS) is 15.0. The van der Waals surface area contributed by atoms with Crippen LogP contribution in [0.4, 0.5) is 4.79 Å². The van der Waals surface area contributed by atoms with Crippen molar-refractivity contribution in [1.82, 2.24) is 10.3 Å². The highest BCUT2D eigenvalue weighted by molar-refractivity contribution is 8.18. The van der Waals surface area contributed by atoms with Crippen LogP contribution in [0, 0.1) is 0 Å². The van der Waals surface area contributed by atoms with Crippen LogP contribution in [0.1, 0.15) is 26.3 Å².